The van der Waals surface area contributed by atoms with Crippen molar-refractivity contribution in [1.29, 1.82) is 0 Å². The van der Waals surface area contributed by atoms with Crippen molar-refractivity contribution in [1.82, 2.24) is 0 Å². The zero-order valence-electron chi connectivity index (χ0n) is 10.5. The summed E-state index contributed by atoms with van der Waals surface area (Å²) in [6.07, 6.45) is 2.19. The van der Waals surface area contributed by atoms with Gasteiger partial charge in [-0.15, -0.1) is 0 Å². The quantitative estimate of drug-likeness (QED) is 0.795. The van der Waals surface area contributed by atoms with Crippen LogP contribution in [0.4, 0.5) is 0 Å². The molecule has 0 bridgehead atoms. The third kappa shape index (κ3) is 4.98. The molecule has 15 heavy (non-hydrogen) atoms. The highest BCUT2D eigenvalue weighted by Gasteiger charge is 2.07. The Labute approximate surface area is 94.2 Å². The van der Waals surface area contributed by atoms with Crippen LogP contribution in [0.5, 0.6) is 0 Å². The van der Waals surface area contributed by atoms with E-state index in [1.807, 2.05) is 13.8 Å². The van der Waals surface area contributed by atoms with E-state index in [1.165, 1.54) is 11.1 Å². The number of aryl methyl sites for hydroxylation is 1. The van der Waals surface area contributed by atoms with Crippen molar-refractivity contribution in [3.05, 3.63) is 35.4 Å². The van der Waals surface area contributed by atoms with Crippen LogP contribution < -0.4 is 0 Å². The standard InChI is InChI=1S/C12H18O.C2H6/c1-3-4-12(9-13)11-7-5-10(2)6-8-11;1-2/h5-8,12-13H,3-4,9H2,1-2H3;1-2H3. The number of aliphatic hydroxyl groups is 1. The molecular weight excluding hydrogens is 184 g/mol. The van der Waals surface area contributed by atoms with Crippen molar-refractivity contribution in [3.63, 3.8) is 0 Å². The van der Waals surface area contributed by atoms with Crippen molar-refractivity contribution in [2.75, 3.05) is 6.61 Å². The molecule has 1 heteroatoms. The molecule has 0 fully saturated rings. The minimum atomic E-state index is 0.261. The first-order chi connectivity index (χ1) is 7.27. The predicted octanol–water partition coefficient (Wildman–Crippen LogP) is 3.90. The summed E-state index contributed by atoms with van der Waals surface area (Å²) in [4.78, 5) is 0. The lowest BCUT2D eigenvalue weighted by molar-refractivity contribution is 0.258. The Balaban J connectivity index is 0.000000921. The van der Waals surface area contributed by atoms with Crippen molar-refractivity contribution >= 4 is 0 Å². The molecule has 1 N–H and O–H groups in total. The Morgan fingerprint density at radius 2 is 1.67 bits per heavy atom. The van der Waals surface area contributed by atoms with E-state index in [1.54, 1.807) is 0 Å². The van der Waals surface area contributed by atoms with Crippen LogP contribution in [0.15, 0.2) is 24.3 Å². The SMILES string of the molecule is CC.CCCC(CO)c1ccc(C)cc1. The molecule has 0 radical (unpaired) electrons. The first-order valence-electron chi connectivity index (χ1n) is 5.95. The zero-order valence-corrected chi connectivity index (χ0v) is 10.5. The van der Waals surface area contributed by atoms with Gasteiger partial charge in [-0.3, -0.25) is 0 Å². The lowest BCUT2D eigenvalue weighted by Crippen LogP contribution is -2.03. The lowest BCUT2D eigenvalue weighted by Gasteiger charge is -2.13. The monoisotopic (exact) mass is 208 g/mol. The summed E-state index contributed by atoms with van der Waals surface area (Å²) in [5.74, 6) is 0.325. The van der Waals surface area contributed by atoms with Crippen LogP contribution in [0.2, 0.25) is 0 Å². The second-order valence-electron chi connectivity index (χ2n) is 3.58. The minimum Gasteiger partial charge on any atom is -0.396 e. The van der Waals surface area contributed by atoms with Gasteiger partial charge in [0.15, 0.2) is 0 Å². The van der Waals surface area contributed by atoms with Gasteiger partial charge in [-0.2, -0.15) is 0 Å². The molecule has 0 saturated heterocycles. The van der Waals surface area contributed by atoms with Crippen LogP contribution in [0.1, 0.15) is 50.7 Å². The van der Waals surface area contributed by atoms with Gasteiger partial charge in [0.1, 0.15) is 0 Å². The van der Waals surface area contributed by atoms with Crippen molar-refractivity contribution < 1.29 is 5.11 Å². The summed E-state index contributed by atoms with van der Waals surface area (Å²) in [7, 11) is 0. The van der Waals surface area contributed by atoms with E-state index >= 15 is 0 Å². The molecule has 0 amide bonds. The number of benzene rings is 1. The molecule has 86 valence electrons. The molecule has 1 atom stereocenters. The van der Waals surface area contributed by atoms with Gasteiger partial charge in [0.05, 0.1) is 0 Å². The summed E-state index contributed by atoms with van der Waals surface area (Å²) < 4.78 is 0. The number of hydrogen-bond donors (Lipinski definition) is 1. The molecule has 0 spiro atoms. The van der Waals surface area contributed by atoms with Crippen molar-refractivity contribution in [2.45, 2.75) is 46.5 Å². The third-order valence-corrected chi connectivity index (χ3v) is 2.41. The van der Waals surface area contributed by atoms with E-state index < -0.39 is 0 Å². The van der Waals surface area contributed by atoms with Gasteiger partial charge >= 0.3 is 0 Å². The highest BCUT2D eigenvalue weighted by atomic mass is 16.3. The molecule has 1 nitrogen and oxygen atoms in total. The highest BCUT2D eigenvalue weighted by Crippen LogP contribution is 2.20. The van der Waals surface area contributed by atoms with E-state index in [-0.39, 0.29) is 6.61 Å². The van der Waals surface area contributed by atoms with E-state index in [0.29, 0.717) is 5.92 Å². The predicted molar refractivity (Wildman–Crippen MR) is 67.3 cm³/mol. The van der Waals surface area contributed by atoms with Gasteiger partial charge in [0.2, 0.25) is 0 Å². The molecule has 0 aliphatic rings. The summed E-state index contributed by atoms with van der Waals surface area (Å²) in [5.41, 5.74) is 2.53. The van der Waals surface area contributed by atoms with Crippen molar-refractivity contribution in [3.8, 4) is 0 Å². The fraction of sp³-hybridized carbons (Fsp3) is 0.571. The van der Waals surface area contributed by atoms with Crippen LogP contribution in [-0.4, -0.2) is 11.7 Å². The molecule has 1 aromatic carbocycles. The molecule has 1 rings (SSSR count). The van der Waals surface area contributed by atoms with Gasteiger partial charge in [0.25, 0.3) is 0 Å². The molecule has 1 unspecified atom stereocenters. The van der Waals surface area contributed by atoms with Crippen LogP contribution in [0.3, 0.4) is 0 Å². The fourth-order valence-electron chi connectivity index (χ4n) is 1.55. The zero-order chi connectivity index (χ0) is 11.7. The molecule has 0 aliphatic carbocycles. The maximum Gasteiger partial charge on any atom is 0.0499 e. The van der Waals surface area contributed by atoms with Crippen LogP contribution in [0, 0.1) is 6.92 Å². The molecule has 0 aromatic heterocycles. The first-order valence-corrected chi connectivity index (χ1v) is 5.95. The van der Waals surface area contributed by atoms with Gasteiger partial charge in [0, 0.05) is 12.5 Å². The largest absolute Gasteiger partial charge is 0.396 e. The van der Waals surface area contributed by atoms with Crippen molar-refractivity contribution in [2.24, 2.45) is 0 Å². The van der Waals surface area contributed by atoms with Gasteiger partial charge in [-0.25, -0.2) is 0 Å². The molecule has 0 saturated carbocycles. The maximum absolute atomic E-state index is 9.18. The molecule has 0 aliphatic heterocycles. The molecule has 1 aromatic rings. The Kier molecular flexibility index (Phi) is 8.02. The lowest BCUT2D eigenvalue weighted by atomic mass is 9.95. The second kappa shape index (κ2) is 8.49. The van der Waals surface area contributed by atoms with E-state index in [9.17, 15) is 5.11 Å². The number of hydrogen-bond acceptors (Lipinski definition) is 1. The summed E-state index contributed by atoms with van der Waals surface area (Å²) in [5, 5.41) is 9.18. The van der Waals surface area contributed by atoms with Crippen LogP contribution >= 0.6 is 0 Å². The van der Waals surface area contributed by atoms with E-state index in [0.717, 1.165) is 12.8 Å². The Bertz CT molecular complexity index is 238. The maximum atomic E-state index is 9.18. The smallest absolute Gasteiger partial charge is 0.0499 e. The number of aliphatic hydroxyl groups excluding tert-OH is 1. The van der Waals surface area contributed by atoms with E-state index in [4.69, 9.17) is 0 Å². The average Bonchev–Trinajstić information content (AvgIpc) is 2.30. The molecule has 0 heterocycles. The molecular formula is C14H24O. The first kappa shape index (κ1) is 14.2. The van der Waals surface area contributed by atoms with Crippen LogP contribution in [-0.2, 0) is 0 Å². The van der Waals surface area contributed by atoms with Gasteiger partial charge in [-0.05, 0) is 18.9 Å². The minimum absolute atomic E-state index is 0.261. The average molecular weight is 208 g/mol. The Morgan fingerprint density at radius 1 is 1.13 bits per heavy atom. The van der Waals surface area contributed by atoms with Crippen LogP contribution in [0.25, 0.3) is 0 Å². The highest BCUT2D eigenvalue weighted by molar-refractivity contribution is 5.24. The topological polar surface area (TPSA) is 20.2 Å². The van der Waals surface area contributed by atoms with Gasteiger partial charge in [-0.1, -0.05) is 57.0 Å². The fourth-order valence-corrected chi connectivity index (χ4v) is 1.55. The Hall–Kier alpha value is -0.820. The number of rotatable bonds is 4. The second-order valence-corrected chi connectivity index (χ2v) is 3.58. The summed E-state index contributed by atoms with van der Waals surface area (Å²) in [6, 6.07) is 8.44. The van der Waals surface area contributed by atoms with E-state index in [2.05, 4.69) is 38.1 Å². The summed E-state index contributed by atoms with van der Waals surface area (Å²) in [6.45, 7) is 8.49. The van der Waals surface area contributed by atoms with Gasteiger partial charge < -0.3 is 5.11 Å². The normalized spacial score (nSPS) is 11.5. The third-order valence-electron chi connectivity index (χ3n) is 2.41. The Morgan fingerprint density at radius 3 is 2.07 bits per heavy atom. The summed E-state index contributed by atoms with van der Waals surface area (Å²) >= 11 is 0.